The van der Waals surface area contributed by atoms with Gasteiger partial charge >= 0.3 is 5.97 Å². The highest BCUT2D eigenvalue weighted by molar-refractivity contribution is 5.86. The van der Waals surface area contributed by atoms with E-state index in [0.717, 1.165) is 36.0 Å². The first-order valence-corrected chi connectivity index (χ1v) is 15.4. The maximum Gasteiger partial charge on any atom is 0.333 e. The van der Waals surface area contributed by atoms with Crippen LogP contribution in [0, 0.1) is 41.4 Å². The summed E-state index contributed by atoms with van der Waals surface area (Å²) in [7, 11) is 0. The van der Waals surface area contributed by atoms with Crippen LogP contribution >= 0.6 is 0 Å². The fourth-order valence-electron chi connectivity index (χ4n) is 7.76. The summed E-state index contributed by atoms with van der Waals surface area (Å²) in [4.78, 5) is 22.5. The van der Waals surface area contributed by atoms with Crippen LogP contribution in [0.5, 0.6) is 0 Å². The van der Waals surface area contributed by atoms with Gasteiger partial charge in [-0.05, 0) is 100 Å². The van der Waals surface area contributed by atoms with Gasteiger partial charge < -0.3 is 9.47 Å². The van der Waals surface area contributed by atoms with Crippen LogP contribution in [-0.4, -0.2) is 25.7 Å². The summed E-state index contributed by atoms with van der Waals surface area (Å²) in [6.07, 6.45) is 23.8. The van der Waals surface area contributed by atoms with Gasteiger partial charge in [0.15, 0.2) is 0 Å². The molecule has 4 nitrogen and oxygen atoms in total. The van der Waals surface area contributed by atoms with Crippen molar-refractivity contribution in [2.24, 2.45) is 41.4 Å². The number of carbonyl (C=O) groups excluding carboxylic acids is 2. The third kappa shape index (κ3) is 9.53. The van der Waals surface area contributed by atoms with Gasteiger partial charge in [0, 0.05) is 11.5 Å². The van der Waals surface area contributed by atoms with E-state index in [4.69, 9.17) is 9.47 Å². The Balaban J connectivity index is 1.33. The Morgan fingerprint density at radius 2 is 1.31 bits per heavy atom. The number of esters is 1. The van der Waals surface area contributed by atoms with Gasteiger partial charge in [0.05, 0.1) is 13.2 Å². The zero-order chi connectivity index (χ0) is 25.8. The van der Waals surface area contributed by atoms with Gasteiger partial charge in [-0.2, -0.15) is 0 Å². The largest absolute Gasteiger partial charge is 0.467 e. The molecule has 3 fully saturated rings. The molecule has 3 saturated carbocycles. The first kappa shape index (κ1) is 29.2. The molecule has 3 rings (SSSR count). The van der Waals surface area contributed by atoms with Crippen LogP contribution in [0.3, 0.4) is 0 Å². The van der Waals surface area contributed by atoms with Crippen LogP contribution in [0.15, 0.2) is 12.2 Å². The van der Waals surface area contributed by atoms with Crippen LogP contribution in [0.4, 0.5) is 0 Å². The standard InChI is InChI=1S/C32H54O4/c1-4-5-6-7-25-8-12-28(13-9-25)30-16-18-31(19-17-30)29-14-10-26(11-15-29)20-27(21-35-23-33)22-36-32(34)24(2)3/h23,25-31H,2,4-22H2,1,3H3. The van der Waals surface area contributed by atoms with E-state index in [0.29, 0.717) is 31.2 Å². The van der Waals surface area contributed by atoms with Crippen molar-refractivity contribution in [3.63, 3.8) is 0 Å². The monoisotopic (exact) mass is 502 g/mol. The van der Waals surface area contributed by atoms with E-state index in [1.807, 2.05) is 0 Å². The Morgan fingerprint density at radius 1 is 0.806 bits per heavy atom. The molecule has 3 aliphatic carbocycles. The molecular weight excluding hydrogens is 448 g/mol. The molecule has 0 heterocycles. The number of unbranched alkanes of at least 4 members (excludes halogenated alkanes) is 2. The smallest absolute Gasteiger partial charge is 0.333 e. The minimum Gasteiger partial charge on any atom is -0.467 e. The second-order valence-electron chi connectivity index (χ2n) is 12.6. The van der Waals surface area contributed by atoms with Crippen molar-refractivity contribution in [2.75, 3.05) is 13.2 Å². The summed E-state index contributed by atoms with van der Waals surface area (Å²) in [6.45, 7) is 8.76. The average Bonchev–Trinajstić information content (AvgIpc) is 2.91. The van der Waals surface area contributed by atoms with E-state index in [1.54, 1.807) is 6.92 Å². The molecule has 4 heteroatoms. The highest BCUT2D eigenvalue weighted by atomic mass is 16.5. The van der Waals surface area contributed by atoms with Crippen LogP contribution in [0.1, 0.15) is 123 Å². The molecule has 1 unspecified atom stereocenters. The number of carbonyl (C=O) groups is 2. The second kappa shape index (κ2) is 15.8. The normalized spacial score (nSPS) is 31.8. The number of ether oxygens (including phenoxy) is 2. The molecule has 0 bridgehead atoms. The van der Waals surface area contributed by atoms with E-state index in [2.05, 4.69) is 13.5 Å². The highest BCUT2D eigenvalue weighted by Gasteiger charge is 2.35. The van der Waals surface area contributed by atoms with Gasteiger partial charge in [0.25, 0.3) is 6.47 Å². The maximum absolute atomic E-state index is 11.8. The van der Waals surface area contributed by atoms with Gasteiger partial charge in [-0.1, -0.05) is 64.9 Å². The van der Waals surface area contributed by atoms with Crippen molar-refractivity contribution in [1.29, 1.82) is 0 Å². The lowest BCUT2D eigenvalue weighted by atomic mass is 9.64. The fraction of sp³-hybridized carbons (Fsp3) is 0.875. The summed E-state index contributed by atoms with van der Waals surface area (Å²) in [5.41, 5.74) is 0.412. The first-order valence-electron chi connectivity index (χ1n) is 15.4. The molecule has 206 valence electrons. The summed E-state index contributed by atoms with van der Waals surface area (Å²) in [6, 6.07) is 0. The van der Waals surface area contributed by atoms with E-state index in [9.17, 15) is 9.59 Å². The van der Waals surface area contributed by atoms with Crippen molar-refractivity contribution in [3.05, 3.63) is 12.2 Å². The molecule has 36 heavy (non-hydrogen) atoms. The molecular formula is C32H54O4. The van der Waals surface area contributed by atoms with Crippen molar-refractivity contribution in [2.45, 2.75) is 123 Å². The molecule has 1 atom stereocenters. The average molecular weight is 503 g/mol. The van der Waals surface area contributed by atoms with Gasteiger partial charge in [-0.15, -0.1) is 0 Å². The van der Waals surface area contributed by atoms with E-state index < -0.39 is 0 Å². The van der Waals surface area contributed by atoms with Crippen LogP contribution < -0.4 is 0 Å². The molecule has 0 aromatic rings. The fourth-order valence-corrected chi connectivity index (χ4v) is 7.76. The SMILES string of the molecule is C=C(C)C(=O)OCC(COC=O)CC1CCC(C2CCC(C3CCC(CCCCC)CC3)CC2)CC1. The molecule has 0 saturated heterocycles. The molecule has 0 amide bonds. The topological polar surface area (TPSA) is 52.6 Å². The zero-order valence-electron chi connectivity index (χ0n) is 23.4. The van der Waals surface area contributed by atoms with Crippen LogP contribution in [-0.2, 0) is 19.1 Å². The van der Waals surface area contributed by atoms with Gasteiger partial charge in [0.1, 0.15) is 0 Å². The Hall–Kier alpha value is -1.32. The molecule has 0 N–H and O–H groups in total. The van der Waals surface area contributed by atoms with Crippen molar-refractivity contribution >= 4 is 12.4 Å². The van der Waals surface area contributed by atoms with Crippen LogP contribution in [0.2, 0.25) is 0 Å². The Bertz CT molecular complexity index is 649. The summed E-state index contributed by atoms with van der Waals surface area (Å²) >= 11 is 0. The molecule has 3 aliphatic rings. The predicted octanol–water partition coefficient (Wildman–Crippen LogP) is 8.28. The van der Waals surface area contributed by atoms with Gasteiger partial charge in [-0.25, -0.2) is 4.79 Å². The lowest BCUT2D eigenvalue weighted by molar-refractivity contribution is -0.142. The first-order chi connectivity index (χ1) is 17.5. The molecule has 0 spiro atoms. The van der Waals surface area contributed by atoms with E-state index in [-0.39, 0.29) is 11.9 Å². The third-order valence-electron chi connectivity index (χ3n) is 10.0. The number of hydrogen-bond acceptors (Lipinski definition) is 4. The molecule has 0 aromatic carbocycles. The zero-order valence-corrected chi connectivity index (χ0v) is 23.4. The second-order valence-corrected chi connectivity index (χ2v) is 12.6. The quantitative estimate of drug-likeness (QED) is 0.104. The van der Waals surface area contributed by atoms with Gasteiger partial charge in [-0.3, -0.25) is 4.79 Å². The number of rotatable bonds is 14. The molecule has 0 aromatic heterocycles. The minimum atomic E-state index is -0.356. The molecule has 0 aliphatic heterocycles. The Morgan fingerprint density at radius 3 is 1.78 bits per heavy atom. The van der Waals surface area contributed by atoms with Gasteiger partial charge in [0.2, 0.25) is 0 Å². The summed E-state index contributed by atoms with van der Waals surface area (Å²) in [5.74, 6) is 5.28. The lowest BCUT2D eigenvalue weighted by Gasteiger charge is -2.41. The Kier molecular flexibility index (Phi) is 12.9. The summed E-state index contributed by atoms with van der Waals surface area (Å²) in [5, 5.41) is 0. The molecule has 0 radical (unpaired) electrons. The predicted molar refractivity (Wildman–Crippen MR) is 146 cm³/mol. The minimum absolute atomic E-state index is 0.0808. The third-order valence-corrected chi connectivity index (χ3v) is 10.0. The van der Waals surface area contributed by atoms with Crippen LogP contribution in [0.25, 0.3) is 0 Å². The Labute approximate surface area is 221 Å². The lowest BCUT2D eigenvalue weighted by Crippen LogP contribution is -2.30. The van der Waals surface area contributed by atoms with E-state index >= 15 is 0 Å². The van der Waals surface area contributed by atoms with Crippen molar-refractivity contribution in [1.82, 2.24) is 0 Å². The summed E-state index contributed by atoms with van der Waals surface area (Å²) < 4.78 is 10.4. The highest BCUT2D eigenvalue weighted by Crippen LogP contribution is 2.46. The maximum atomic E-state index is 11.8. The van der Waals surface area contributed by atoms with Crippen molar-refractivity contribution in [3.8, 4) is 0 Å². The number of hydrogen-bond donors (Lipinski definition) is 0. The van der Waals surface area contributed by atoms with Crippen molar-refractivity contribution < 1.29 is 19.1 Å². The van der Waals surface area contributed by atoms with E-state index in [1.165, 1.54) is 103 Å².